The van der Waals surface area contributed by atoms with E-state index in [4.69, 9.17) is 11.6 Å². The molecule has 1 saturated heterocycles. The van der Waals surface area contributed by atoms with E-state index >= 15 is 0 Å². The number of hydrogen-bond donors (Lipinski definition) is 0. The summed E-state index contributed by atoms with van der Waals surface area (Å²) < 4.78 is 1.75. The summed E-state index contributed by atoms with van der Waals surface area (Å²) in [5.74, 6) is 1.90. The zero-order valence-electron chi connectivity index (χ0n) is 10.8. The van der Waals surface area contributed by atoms with Gasteiger partial charge in [-0.05, 0) is 25.2 Å². The predicted octanol–water partition coefficient (Wildman–Crippen LogP) is 2.11. The lowest BCUT2D eigenvalue weighted by molar-refractivity contribution is 0.571. The van der Waals surface area contributed by atoms with Crippen molar-refractivity contribution < 1.29 is 0 Å². The second kappa shape index (κ2) is 6.23. The molecular formula is C13H20ClN3O. The van der Waals surface area contributed by atoms with Crippen LogP contribution in [0.5, 0.6) is 0 Å². The zero-order chi connectivity index (χ0) is 13.0. The molecule has 1 aliphatic heterocycles. The third-order valence-electron chi connectivity index (χ3n) is 3.46. The van der Waals surface area contributed by atoms with Crippen molar-refractivity contribution in [1.29, 1.82) is 0 Å². The van der Waals surface area contributed by atoms with Crippen molar-refractivity contribution in [3.05, 3.63) is 22.7 Å². The maximum absolute atomic E-state index is 12.2. The van der Waals surface area contributed by atoms with Gasteiger partial charge in [-0.2, -0.15) is 0 Å². The van der Waals surface area contributed by atoms with Gasteiger partial charge in [-0.25, -0.2) is 4.98 Å². The highest BCUT2D eigenvalue weighted by Crippen LogP contribution is 2.22. The number of alkyl halides is 1. The molecule has 1 unspecified atom stereocenters. The van der Waals surface area contributed by atoms with Crippen molar-refractivity contribution in [3.63, 3.8) is 0 Å². The number of hydrogen-bond acceptors (Lipinski definition) is 3. The van der Waals surface area contributed by atoms with Gasteiger partial charge >= 0.3 is 0 Å². The Morgan fingerprint density at radius 1 is 1.56 bits per heavy atom. The van der Waals surface area contributed by atoms with Gasteiger partial charge in [0.05, 0.1) is 0 Å². The molecule has 0 aliphatic carbocycles. The van der Waals surface area contributed by atoms with E-state index in [0.717, 1.165) is 38.9 Å². The Balaban J connectivity index is 2.14. The van der Waals surface area contributed by atoms with Crippen molar-refractivity contribution in [2.75, 3.05) is 23.9 Å². The maximum atomic E-state index is 12.2. The minimum Gasteiger partial charge on any atom is -0.352 e. The molecule has 18 heavy (non-hydrogen) atoms. The molecule has 1 fully saturated rings. The number of anilines is 1. The molecule has 0 aromatic carbocycles. The van der Waals surface area contributed by atoms with E-state index in [2.05, 4.69) is 16.8 Å². The molecular weight excluding hydrogens is 250 g/mol. The fraction of sp³-hybridized carbons (Fsp3) is 0.692. The van der Waals surface area contributed by atoms with E-state index in [0.29, 0.717) is 17.6 Å². The van der Waals surface area contributed by atoms with Crippen LogP contribution in [0.2, 0.25) is 0 Å². The fourth-order valence-corrected chi connectivity index (χ4v) is 2.79. The lowest BCUT2D eigenvalue weighted by atomic mass is 10.1. The van der Waals surface area contributed by atoms with Gasteiger partial charge < -0.3 is 9.47 Å². The average Bonchev–Trinajstić information content (AvgIpc) is 2.81. The summed E-state index contributed by atoms with van der Waals surface area (Å²) in [6.07, 6.45) is 6.58. The molecule has 0 bridgehead atoms. The van der Waals surface area contributed by atoms with Gasteiger partial charge in [-0.15, -0.1) is 11.6 Å². The first kappa shape index (κ1) is 13.4. The van der Waals surface area contributed by atoms with Crippen LogP contribution in [0.3, 0.4) is 0 Å². The second-order valence-electron chi connectivity index (χ2n) is 4.83. The van der Waals surface area contributed by atoms with E-state index in [1.165, 1.54) is 0 Å². The second-order valence-corrected chi connectivity index (χ2v) is 5.21. The van der Waals surface area contributed by atoms with Crippen LogP contribution in [-0.2, 0) is 6.54 Å². The molecule has 1 aromatic rings. The molecule has 0 N–H and O–H groups in total. The van der Waals surface area contributed by atoms with Crippen LogP contribution in [-0.4, -0.2) is 28.5 Å². The summed E-state index contributed by atoms with van der Waals surface area (Å²) in [6.45, 7) is 4.65. The molecule has 1 aliphatic rings. The molecule has 0 radical (unpaired) electrons. The van der Waals surface area contributed by atoms with Gasteiger partial charge in [0.15, 0.2) is 5.82 Å². The van der Waals surface area contributed by atoms with Crippen LogP contribution in [0.25, 0.3) is 0 Å². The SMILES string of the molecule is CCCn1ccnc(N2CCC(CCCl)C2)c1=O. The largest absolute Gasteiger partial charge is 0.352 e. The minimum absolute atomic E-state index is 0.0332. The highest BCUT2D eigenvalue weighted by atomic mass is 35.5. The monoisotopic (exact) mass is 269 g/mol. The Bertz CT molecular complexity index is 446. The third kappa shape index (κ3) is 2.86. The quantitative estimate of drug-likeness (QED) is 0.769. The van der Waals surface area contributed by atoms with E-state index in [9.17, 15) is 4.79 Å². The summed E-state index contributed by atoms with van der Waals surface area (Å²) in [7, 11) is 0. The molecule has 5 heteroatoms. The van der Waals surface area contributed by atoms with E-state index < -0.39 is 0 Å². The number of rotatable bonds is 5. The molecule has 2 heterocycles. The van der Waals surface area contributed by atoms with Crippen molar-refractivity contribution >= 4 is 17.4 Å². The number of aryl methyl sites for hydroxylation is 1. The summed E-state index contributed by atoms with van der Waals surface area (Å²) in [5.41, 5.74) is 0.0332. The molecule has 1 aromatic heterocycles. The van der Waals surface area contributed by atoms with Gasteiger partial charge in [0.1, 0.15) is 0 Å². The van der Waals surface area contributed by atoms with Gasteiger partial charge in [0, 0.05) is 37.9 Å². The first-order valence-electron chi connectivity index (χ1n) is 6.62. The summed E-state index contributed by atoms with van der Waals surface area (Å²) in [5, 5.41) is 0. The van der Waals surface area contributed by atoms with Crippen molar-refractivity contribution in [2.24, 2.45) is 5.92 Å². The highest BCUT2D eigenvalue weighted by Gasteiger charge is 2.24. The fourth-order valence-electron chi connectivity index (χ4n) is 2.48. The Hall–Kier alpha value is -1.03. The van der Waals surface area contributed by atoms with Crippen LogP contribution >= 0.6 is 11.6 Å². The summed E-state index contributed by atoms with van der Waals surface area (Å²) >= 11 is 5.77. The van der Waals surface area contributed by atoms with E-state index in [-0.39, 0.29) is 5.56 Å². The van der Waals surface area contributed by atoms with E-state index in [1.54, 1.807) is 17.0 Å². The minimum atomic E-state index is 0.0332. The Morgan fingerprint density at radius 3 is 3.11 bits per heavy atom. The number of halogens is 1. The van der Waals surface area contributed by atoms with Crippen LogP contribution < -0.4 is 10.5 Å². The summed E-state index contributed by atoms with van der Waals surface area (Å²) in [4.78, 5) is 18.6. The lowest BCUT2D eigenvalue weighted by Crippen LogP contribution is -2.31. The standard InChI is InChI=1S/C13H20ClN3O/c1-2-7-16-9-6-15-12(13(16)18)17-8-4-11(10-17)3-5-14/h6,9,11H,2-5,7-8,10H2,1H3. The van der Waals surface area contributed by atoms with Gasteiger partial charge in [-0.1, -0.05) is 6.92 Å². The average molecular weight is 270 g/mol. The van der Waals surface area contributed by atoms with Crippen molar-refractivity contribution in [3.8, 4) is 0 Å². The van der Waals surface area contributed by atoms with Gasteiger partial charge in [0.2, 0.25) is 0 Å². The molecule has 0 amide bonds. The first-order valence-corrected chi connectivity index (χ1v) is 7.16. The highest BCUT2D eigenvalue weighted by molar-refractivity contribution is 6.17. The van der Waals surface area contributed by atoms with Crippen LogP contribution in [0.15, 0.2) is 17.2 Å². The maximum Gasteiger partial charge on any atom is 0.293 e. The first-order chi connectivity index (χ1) is 8.76. The van der Waals surface area contributed by atoms with Crippen molar-refractivity contribution in [2.45, 2.75) is 32.7 Å². The Morgan fingerprint density at radius 2 is 2.39 bits per heavy atom. The summed E-state index contributed by atoms with van der Waals surface area (Å²) in [6, 6.07) is 0. The normalized spacial score (nSPS) is 19.4. The molecule has 2 rings (SSSR count). The van der Waals surface area contributed by atoms with E-state index in [1.807, 2.05) is 0 Å². The van der Waals surface area contributed by atoms with Crippen LogP contribution in [0.4, 0.5) is 5.82 Å². The third-order valence-corrected chi connectivity index (χ3v) is 3.68. The van der Waals surface area contributed by atoms with Crippen LogP contribution in [0, 0.1) is 5.92 Å². The predicted molar refractivity (Wildman–Crippen MR) is 74.4 cm³/mol. The molecule has 0 spiro atoms. The Labute approximate surface area is 113 Å². The molecule has 4 nitrogen and oxygen atoms in total. The van der Waals surface area contributed by atoms with Crippen molar-refractivity contribution in [1.82, 2.24) is 9.55 Å². The molecule has 100 valence electrons. The molecule has 1 atom stereocenters. The smallest absolute Gasteiger partial charge is 0.293 e. The number of aromatic nitrogens is 2. The Kier molecular flexibility index (Phi) is 4.64. The topological polar surface area (TPSA) is 38.1 Å². The van der Waals surface area contributed by atoms with Gasteiger partial charge in [-0.3, -0.25) is 4.79 Å². The zero-order valence-corrected chi connectivity index (χ0v) is 11.6. The molecule has 0 saturated carbocycles. The van der Waals surface area contributed by atoms with Gasteiger partial charge in [0.25, 0.3) is 5.56 Å². The van der Waals surface area contributed by atoms with Crippen LogP contribution in [0.1, 0.15) is 26.2 Å². The number of nitrogens with zero attached hydrogens (tertiary/aromatic N) is 3. The lowest BCUT2D eigenvalue weighted by Gasteiger charge is -2.17.